The zero-order valence-electron chi connectivity index (χ0n) is 16.1. The van der Waals surface area contributed by atoms with Gasteiger partial charge in [-0.15, -0.1) is 0 Å². The van der Waals surface area contributed by atoms with Crippen LogP contribution >= 0.6 is 0 Å². The van der Waals surface area contributed by atoms with E-state index in [1.54, 1.807) is 32.1 Å². The molecule has 0 saturated carbocycles. The second-order valence-electron chi connectivity index (χ2n) is 7.47. The van der Waals surface area contributed by atoms with Gasteiger partial charge in [-0.2, -0.15) is 0 Å². The Balaban J connectivity index is 2.24. The van der Waals surface area contributed by atoms with Gasteiger partial charge in [0.1, 0.15) is 0 Å². The topological polar surface area (TPSA) is 87.0 Å². The number of aryl methyl sites for hydroxylation is 1. The monoisotopic (exact) mass is 372 g/mol. The molecule has 1 aliphatic heterocycles. The number of fused-ring (bicyclic) bond motifs is 1. The third kappa shape index (κ3) is 2.99. The van der Waals surface area contributed by atoms with E-state index in [2.05, 4.69) is 0 Å². The Labute approximate surface area is 158 Å². The molecule has 0 bridgehead atoms. The zero-order valence-corrected chi connectivity index (χ0v) is 16.1. The number of hydrogen-bond acceptors (Lipinski definition) is 5. The summed E-state index contributed by atoms with van der Waals surface area (Å²) >= 11 is 0. The van der Waals surface area contributed by atoms with Gasteiger partial charge in [0, 0.05) is 24.7 Å². The van der Waals surface area contributed by atoms with E-state index in [1.165, 1.54) is 11.9 Å². The Hall–Kier alpha value is -2.74. The van der Waals surface area contributed by atoms with Gasteiger partial charge in [0.15, 0.2) is 0 Å². The number of rotatable bonds is 3. The molecule has 0 N–H and O–H groups in total. The number of hydrogen-bond donors (Lipinski definition) is 0. The van der Waals surface area contributed by atoms with Crippen LogP contribution in [0, 0.1) is 23.0 Å². The maximum Gasteiger partial charge on any atom is 0.330 e. The molecule has 144 valence electrons. The van der Waals surface area contributed by atoms with Gasteiger partial charge in [-0.25, -0.2) is 4.79 Å². The van der Waals surface area contributed by atoms with E-state index in [0.29, 0.717) is 5.70 Å². The third-order valence-electron chi connectivity index (χ3n) is 5.60. The summed E-state index contributed by atoms with van der Waals surface area (Å²) in [5.41, 5.74) is 2.30. The van der Waals surface area contributed by atoms with E-state index >= 15 is 0 Å². The summed E-state index contributed by atoms with van der Waals surface area (Å²) in [7, 11) is 6.56. The van der Waals surface area contributed by atoms with Crippen LogP contribution in [0.5, 0.6) is 0 Å². The van der Waals surface area contributed by atoms with E-state index in [-0.39, 0.29) is 4.92 Å². The minimum absolute atomic E-state index is 0.299. The highest BCUT2D eigenvalue weighted by atomic mass is 16.6. The average molecular weight is 372 g/mol. The van der Waals surface area contributed by atoms with Gasteiger partial charge < -0.3 is 4.90 Å². The smallest absolute Gasteiger partial charge is 0.300 e. The van der Waals surface area contributed by atoms with Crippen molar-refractivity contribution in [2.45, 2.75) is 24.9 Å². The first-order valence-electron chi connectivity index (χ1n) is 8.78. The second kappa shape index (κ2) is 6.77. The molecule has 0 radical (unpaired) electrons. The van der Waals surface area contributed by atoms with E-state index in [9.17, 15) is 19.7 Å². The zero-order chi connectivity index (χ0) is 20.0. The summed E-state index contributed by atoms with van der Waals surface area (Å²) in [5.74, 6) is -1.84. The van der Waals surface area contributed by atoms with Gasteiger partial charge in [0.2, 0.25) is 11.9 Å². The third-order valence-corrected chi connectivity index (χ3v) is 5.60. The van der Waals surface area contributed by atoms with Crippen molar-refractivity contribution in [2.75, 3.05) is 28.2 Å². The number of carbonyl (C=O) groups excluding carboxylic acids is 2. The fourth-order valence-electron chi connectivity index (χ4n) is 4.10. The number of nitrogens with zero attached hydrogens (tertiary/aromatic N) is 4. The molecule has 1 aromatic rings. The number of carbonyl (C=O) groups is 2. The second-order valence-corrected chi connectivity index (χ2v) is 7.47. The van der Waals surface area contributed by atoms with Gasteiger partial charge in [0.25, 0.3) is 0 Å². The van der Waals surface area contributed by atoms with Crippen molar-refractivity contribution in [2.24, 2.45) is 5.92 Å². The van der Waals surface area contributed by atoms with Crippen LogP contribution < -0.4 is 0 Å². The van der Waals surface area contributed by atoms with E-state index in [0.717, 1.165) is 16.0 Å². The van der Waals surface area contributed by atoms with Crippen molar-refractivity contribution in [1.82, 2.24) is 14.7 Å². The van der Waals surface area contributed by atoms with Crippen LogP contribution in [-0.2, 0) is 4.79 Å². The van der Waals surface area contributed by atoms with Crippen molar-refractivity contribution in [3.8, 4) is 0 Å². The molecule has 4 atom stereocenters. The standard InChI is InChI=1S/C19H24N4O4/c1-11-6-8-12(9-7-11)15-16-13(21(4)19(25)22(5)18(16)24)10-14(20(2)3)17(15)23(26)27/h6-10,14-17H,1-5H3. The maximum absolute atomic E-state index is 13.0. The largest absolute Gasteiger partial charge is 0.330 e. The maximum atomic E-state index is 13.0. The number of amides is 3. The minimum Gasteiger partial charge on any atom is -0.300 e. The lowest BCUT2D eigenvalue weighted by atomic mass is 9.70. The highest BCUT2D eigenvalue weighted by molar-refractivity contribution is 6.01. The molecule has 1 heterocycles. The van der Waals surface area contributed by atoms with Gasteiger partial charge in [-0.1, -0.05) is 29.8 Å². The van der Waals surface area contributed by atoms with E-state index in [4.69, 9.17) is 0 Å². The molecule has 8 heteroatoms. The van der Waals surface area contributed by atoms with Crippen molar-refractivity contribution in [3.05, 3.63) is 57.3 Å². The highest BCUT2D eigenvalue weighted by Gasteiger charge is 2.55. The molecule has 8 nitrogen and oxygen atoms in total. The fourth-order valence-corrected chi connectivity index (χ4v) is 4.10. The van der Waals surface area contributed by atoms with Gasteiger partial charge in [-0.3, -0.25) is 24.7 Å². The lowest BCUT2D eigenvalue weighted by molar-refractivity contribution is -0.534. The van der Waals surface area contributed by atoms with E-state index < -0.39 is 35.9 Å². The lowest BCUT2D eigenvalue weighted by Crippen LogP contribution is -2.60. The Kier molecular flexibility index (Phi) is 4.77. The molecule has 3 amide bonds. The Morgan fingerprint density at radius 2 is 1.67 bits per heavy atom. The molecule has 0 spiro atoms. The molecular formula is C19H24N4O4. The lowest BCUT2D eigenvalue weighted by Gasteiger charge is -2.46. The van der Waals surface area contributed by atoms with Gasteiger partial charge in [0.05, 0.1) is 17.9 Å². The molecule has 0 aromatic heterocycles. The first-order chi connectivity index (χ1) is 12.6. The van der Waals surface area contributed by atoms with Crippen molar-refractivity contribution < 1.29 is 14.5 Å². The summed E-state index contributed by atoms with van der Waals surface area (Å²) in [6.45, 7) is 1.94. The Morgan fingerprint density at radius 1 is 1.07 bits per heavy atom. The number of imide groups is 1. The summed E-state index contributed by atoms with van der Waals surface area (Å²) < 4.78 is 0. The molecule has 4 unspecified atom stereocenters. The van der Waals surface area contributed by atoms with Crippen molar-refractivity contribution in [1.29, 1.82) is 0 Å². The highest BCUT2D eigenvalue weighted by Crippen LogP contribution is 2.44. The number of likely N-dealkylation sites (N-methyl/N-ethyl adjacent to an activating group) is 1. The van der Waals surface area contributed by atoms with E-state index in [1.807, 2.05) is 31.2 Å². The molecule has 1 fully saturated rings. The van der Waals surface area contributed by atoms with Gasteiger partial charge in [-0.05, 0) is 32.7 Å². The molecule has 1 aromatic carbocycles. The molecule has 1 aliphatic carbocycles. The fraction of sp³-hybridized carbons (Fsp3) is 0.474. The first-order valence-corrected chi connectivity index (χ1v) is 8.78. The average Bonchev–Trinajstić information content (AvgIpc) is 2.63. The first kappa shape index (κ1) is 19.0. The van der Waals surface area contributed by atoms with Crippen LogP contribution in [0.1, 0.15) is 17.0 Å². The minimum atomic E-state index is -1.00. The summed E-state index contributed by atoms with van der Waals surface area (Å²) in [6, 6.07) is 5.50. The summed E-state index contributed by atoms with van der Waals surface area (Å²) in [4.78, 5) is 41.4. The predicted molar refractivity (Wildman–Crippen MR) is 99.7 cm³/mol. The predicted octanol–water partition coefficient (Wildman–Crippen LogP) is 1.69. The van der Waals surface area contributed by atoms with Crippen LogP contribution in [0.2, 0.25) is 0 Å². The molecule has 3 rings (SSSR count). The Morgan fingerprint density at radius 3 is 2.19 bits per heavy atom. The van der Waals surface area contributed by atoms with Crippen molar-refractivity contribution in [3.63, 3.8) is 0 Å². The molecule has 2 aliphatic rings. The van der Waals surface area contributed by atoms with Crippen LogP contribution in [-0.4, -0.2) is 71.8 Å². The number of nitro groups is 1. The van der Waals surface area contributed by atoms with Crippen LogP contribution in [0.15, 0.2) is 36.0 Å². The Bertz CT molecular complexity index is 818. The van der Waals surface area contributed by atoms with Crippen molar-refractivity contribution >= 4 is 11.9 Å². The van der Waals surface area contributed by atoms with Gasteiger partial charge >= 0.3 is 6.03 Å². The van der Waals surface area contributed by atoms with Crippen LogP contribution in [0.3, 0.4) is 0 Å². The quantitative estimate of drug-likeness (QED) is 0.595. The number of urea groups is 1. The molecule has 1 saturated heterocycles. The summed E-state index contributed by atoms with van der Waals surface area (Å²) in [5, 5.41) is 12.1. The molecule has 27 heavy (non-hydrogen) atoms. The molecular weight excluding hydrogens is 348 g/mol. The van der Waals surface area contributed by atoms with Crippen LogP contribution in [0.4, 0.5) is 4.79 Å². The number of benzene rings is 1. The summed E-state index contributed by atoms with van der Waals surface area (Å²) in [6.07, 6.45) is 1.70. The normalized spacial score (nSPS) is 28.3. The SMILES string of the molecule is Cc1ccc(C2C3C(=O)N(C)C(=O)N(C)C3=CC(N(C)C)C2[N+](=O)[O-])cc1. The van der Waals surface area contributed by atoms with Crippen LogP contribution in [0.25, 0.3) is 0 Å².